The molecule has 0 aromatic carbocycles. The zero-order valence-corrected chi connectivity index (χ0v) is 9.72. The van der Waals surface area contributed by atoms with Crippen LogP contribution in [-0.2, 0) is 0 Å². The van der Waals surface area contributed by atoms with Crippen molar-refractivity contribution in [3.8, 4) is 0 Å². The molecule has 0 spiro atoms. The van der Waals surface area contributed by atoms with E-state index in [-0.39, 0.29) is 0 Å². The molecule has 3 rings (SSSR count). The highest BCUT2D eigenvalue weighted by Gasteiger charge is 2.23. The minimum absolute atomic E-state index is 0.733. The van der Waals surface area contributed by atoms with E-state index in [9.17, 15) is 0 Å². The largest absolute Gasteiger partial charge is 0.365 e. The van der Waals surface area contributed by atoms with Gasteiger partial charge in [0.1, 0.15) is 0 Å². The average molecular weight is 217 g/mol. The van der Waals surface area contributed by atoms with Gasteiger partial charge in [0.2, 0.25) is 0 Å². The van der Waals surface area contributed by atoms with Gasteiger partial charge in [-0.05, 0) is 44.2 Å². The molecule has 1 saturated carbocycles. The topological polar surface area (TPSA) is 43.6 Å². The molecule has 2 aromatic heterocycles. The molecule has 0 bridgehead atoms. The second kappa shape index (κ2) is 3.98. The summed E-state index contributed by atoms with van der Waals surface area (Å²) in [6, 6.07) is 0.733. The second-order valence-electron chi connectivity index (χ2n) is 4.86. The van der Waals surface area contributed by atoms with E-state index < -0.39 is 0 Å². The van der Waals surface area contributed by atoms with Gasteiger partial charge in [-0.2, -0.15) is 0 Å². The van der Waals surface area contributed by atoms with E-state index in [2.05, 4.69) is 34.7 Å². The van der Waals surface area contributed by atoms with Gasteiger partial charge < -0.3 is 15.3 Å². The van der Waals surface area contributed by atoms with Crippen LogP contribution in [0.25, 0.3) is 10.9 Å². The number of fused-ring (bicyclic) bond motifs is 1. The molecule has 0 aliphatic heterocycles. The summed E-state index contributed by atoms with van der Waals surface area (Å²) in [6.07, 6.45) is 11.6. The SMILES string of the molecule is CNC1CCC(c2c[nH]c3c[nH]cc23)CC1. The van der Waals surface area contributed by atoms with Crippen LogP contribution >= 0.6 is 0 Å². The summed E-state index contributed by atoms with van der Waals surface area (Å²) in [5.41, 5.74) is 2.75. The molecule has 0 unspecified atom stereocenters. The van der Waals surface area contributed by atoms with Crippen LogP contribution in [0, 0.1) is 0 Å². The fourth-order valence-electron chi connectivity index (χ4n) is 2.99. The zero-order valence-electron chi connectivity index (χ0n) is 9.72. The number of hydrogen-bond donors (Lipinski definition) is 3. The Kier molecular flexibility index (Phi) is 2.48. The molecule has 1 aliphatic carbocycles. The molecular weight excluding hydrogens is 198 g/mol. The summed E-state index contributed by atoms with van der Waals surface area (Å²) >= 11 is 0. The maximum atomic E-state index is 3.39. The van der Waals surface area contributed by atoms with E-state index >= 15 is 0 Å². The Labute approximate surface area is 95.6 Å². The van der Waals surface area contributed by atoms with Crippen LogP contribution in [0.2, 0.25) is 0 Å². The Morgan fingerprint density at radius 2 is 1.94 bits per heavy atom. The van der Waals surface area contributed by atoms with Gasteiger partial charge in [-0.15, -0.1) is 0 Å². The Morgan fingerprint density at radius 3 is 2.69 bits per heavy atom. The first kappa shape index (κ1) is 9.97. The van der Waals surface area contributed by atoms with Crippen molar-refractivity contribution < 1.29 is 0 Å². The summed E-state index contributed by atoms with van der Waals surface area (Å²) in [4.78, 5) is 6.52. The minimum Gasteiger partial charge on any atom is -0.365 e. The highest BCUT2D eigenvalue weighted by molar-refractivity contribution is 5.83. The van der Waals surface area contributed by atoms with E-state index in [0.29, 0.717) is 0 Å². The minimum atomic E-state index is 0.733. The van der Waals surface area contributed by atoms with Crippen molar-refractivity contribution in [3.63, 3.8) is 0 Å². The predicted molar refractivity (Wildman–Crippen MR) is 66.7 cm³/mol. The summed E-state index contributed by atoms with van der Waals surface area (Å²) < 4.78 is 0. The molecule has 1 aliphatic rings. The maximum absolute atomic E-state index is 3.39. The highest BCUT2D eigenvalue weighted by Crippen LogP contribution is 2.36. The van der Waals surface area contributed by atoms with Gasteiger partial charge in [-0.3, -0.25) is 0 Å². The monoisotopic (exact) mass is 217 g/mol. The molecule has 3 nitrogen and oxygen atoms in total. The van der Waals surface area contributed by atoms with Crippen molar-refractivity contribution in [1.29, 1.82) is 0 Å². The van der Waals surface area contributed by atoms with Gasteiger partial charge in [0.15, 0.2) is 0 Å². The first-order valence-electron chi connectivity index (χ1n) is 6.19. The quantitative estimate of drug-likeness (QED) is 0.711. The van der Waals surface area contributed by atoms with E-state index in [0.717, 1.165) is 12.0 Å². The van der Waals surface area contributed by atoms with Crippen molar-refractivity contribution in [2.24, 2.45) is 0 Å². The molecule has 0 radical (unpaired) electrons. The van der Waals surface area contributed by atoms with Crippen LogP contribution < -0.4 is 5.32 Å². The summed E-state index contributed by atoms with van der Waals surface area (Å²) in [5, 5.41) is 4.77. The van der Waals surface area contributed by atoms with Crippen molar-refractivity contribution >= 4 is 10.9 Å². The Morgan fingerprint density at radius 1 is 1.12 bits per heavy atom. The van der Waals surface area contributed by atoms with Gasteiger partial charge in [0.25, 0.3) is 0 Å². The lowest BCUT2D eigenvalue weighted by Gasteiger charge is -2.27. The third-order valence-corrected chi connectivity index (χ3v) is 4.01. The molecule has 16 heavy (non-hydrogen) atoms. The molecule has 0 amide bonds. The van der Waals surface area contributed by atoms with Crippen LogP contribution in [0.3, 0.4) is 0 Å². The summed E-state index contributed by atoms with van der Waals surface area (Å²) in [7, 11) is 2.08. The molecule has 3 N–H and O–H groups in total. The van der Waals surface area contributed by atoms with Gasteiger partial charge in [-0.25, -0.2) is 0 Å². The van der Waals surface area contributed by atoms with E-state index in [1.54, 1.807) is 0 Å². The number of nitrogens with one attached hydrogen (secondary N) is 3. The summed E-state index contributed by atoms with van der Waals surface area (Å²) in [6.45, 7) is 0. The van der Waals surface area contributed by atoms with E-state index in [4.69, 9.17) is 0 Å². The lowest BCUT2D eigenvalue weighted by Crippen LogP contribution is -2.29. The van der Waals surface area contributed by atoms with Crippen LogP contribution in [-0.4, -0.2) is 23.1 Å². The van der Waals surface area contributed by atoms with E-state index in [1.165, 1.54) is 42.1 Å². The third kappa shape index (κ3) is 1.55. The van der Waals surface area contributed by atoms with Crippen molar-refractivity contribution in [2.75, 3.05) is 7.05 Å². The molecule has 1 fully saturated rings. The third-order valence-electron chi connectivity index (χ3n) is 4.01. The molecule has 0 atom stereocenters. The normalized spacial score (nSPS) is 26.3. The fraction of sp³-hybridized carbons (Fsp3) is 0.538. The van der Waals surface area contributed by atoms with Crippen LogP contribution in [0.5, 0.6) is 0 Å². The maximum Gasteiger partial charge on any atom is 0.0634 e. The Balaban J connectivity index is 1.81. The van der Waals surface area contributed by atoms with Gasteiger partial charge in [0, 0.05) is 30.0 Å². The first-order chi connectivity index (χ1) is 7.88. The fourth-order valence-corrected chi connectivity index (χ4v) is 2.99. The van der Waals surface area contributed by atoms with Gasteiger partial charge >= 0.3 is 0 Å². The number of H-pyrrole nitrogens is 2. The van der Waals surface area contributed by atoms with Gasteiger partial charge in [0.05, 0.1) is 5.52 Å². The second-order valence-corrected chi connectivity index (χ2v) is 4.86. The lowest BCUT2D eigenvalue weighted by molar-refractivity contribution is 0.360. The predicted octanol–water partition coefficient (Wildman–Crippen LogP) is 2.74. The lowest BCUT2D eigenvalue weighted by atomic mass is 9.82. The number of hydrogen-bond acceptors (Lipinski definition) is 1. The number of aromatic nitrogens is 2. The smallest absolute Gasteiger partial charge is 0.0634 e. The number of aromatic amines is 2. The van der Waals surface area contributed by atoms with Gasteiger partial charge in [-0.1, -0.05) is 0 Å². The summed E-state index contributed by atoms with van der Waals surface area (Å²) in [5.74, 6) is 0.745. The zero-order chi connectivity index (χ0) is 11.0. The Hall–Kier alpha value is -1.22. The van der Waals surface area contributed by atoms with Crippen LogP contribution in [0.1, 0.15) is 37.2 Å². The van der Waals surface area contributed by atoms with E-state index in [1.807, 2.05) is 6.20 Å². The molecule has 2 aromatic rings. The molecule has 86 valence electrons. The first-order valence-corrected chi connectivity index (χ1v) is 6.19. The number of rotatable bonds is 2. The Bertz CT molecular complexity index is 460. The molecule has 0 saturated heterocycles. The van der Waals surface area contributed by atoms with Crippen LogP contribution in [0.15, 0.2) is 18.6 Å². The molecular formula is C13H19N3. The standard InChI is InChI=1S/C13H19N3/c1-14-10-4-2-9(3-5-10)11-7-16-13-8-15-6-12(11)13/h6-10,14-16H,2-5H2,1H3. The van der Waals surface area contributed by atoms with Crippen molar-refractivity contribution in [2.45, 2.75) is 37.6 Å². The van der Waals surface area contributed by atoms with Crippen molar-refractivity contribution in [1.82, 2.24) is 15.3 Å². The van der Waals surface area contributed by atoms with Crippen LogP contribution in [0.4, 0.5) is 0 Å². The van der Waals surface area contributed by atoms with Crippen molar-refractivity contribution in [3.05, 3.63) is 24.2 Å². The molecule has 2 heterocycles. The average Bonchev–Trinajstić information content (AvgIpc) is 2.91. The highest BCUT2D eigenvalue weighted by atomic mass is 14.9. The molecule has 3 heteroatoms.